The van der Waals surface area contributed by atoms with Gasteiger partial charge in [-0.05, 0) is 49.2 Å². The number of nitrogens with one attached hydrogen (secondary N) is 2. The second-order valence-electron chi connectivity index (χ2n) is 5.65. The van der Waals surface area contributed by atoms with Crippen LogP contribution >= 0.6 is 0 Å². The van der Waals surface area contributed by atoms with E-state index in [1.807, 2.05) is 32.0 Å². The van der Waals surface area contributed by atoms with E-state index in [2.05, 4.69) is 20.6 Å². The highest BCUT2D eigenvalue weighted by Crippen LogP contribution is 2.18. The standard InChI is InChI=1S/C19H17FN4O/c1-12-7-8-15(9-13(12)2)23-19-21-10-14(11-22-19)18(25)24-17-6-4-3-5-16(17)20/h3-11H,1-2H3,(H,24,25)(H,21,22,23). The molecule has 1 heterocycles. The van der Waals surface area contributed by atoms with E-state index in [1.165, 1.54) is 30.1 Å². The maximum absolute atomic E-state index is 13.6. The Balaban J connectivity index is 1.70. The largest absolute Gasteiger partial charge is 0.324 e. The van der Waals surface area contributed by atoms with Crippen molar-refractivity contribution in [3.8, 4) is 0 Å². The lowest BCUT2D eigenvalue weighted by molar-refractivity contribution is 0.102. The number of benzene rings is 2. The van der Waals surface area contributed by atoms with E-state index in [9.17, 15) is 9.18 Å². The Kier molecular flexibility index (Phi) is 4.70. The van der Waals surface area contributed by atoms with Crippen LogP contribution in [0.2, 0.25) is 0 Å². The van der Waals surface area contributed by atoms with Crippen molar-refractivity contribution >= 4 is 23.2 Å². The number of halogens is 1. The van der Waals surface area contributed by atoms with Crippen LogP contribution < -0.4 is 10.6 Å². The Morgan fingerprint density at radius 2 is 1.72 bits per heavy atom. The van der Waals surface area contributed by atoms with Crippen LogP contribution in [0.25, 0.3) is 0 Å². The number of amides is 1. The molecule has 3 rings (SSSR count). The summed E-state index contributed by atoms with van der Waals surface area (Å²) in [5, 5.41) is 5.58. The molecule has 3 aromatic rings. The summed E-state index contributed by atoms with van der Waals surface area (Å²) in [6, 6.07) is 11.9. The minimum absolute atomic E-state index is 0.116. The van der Waals surface area contributed by atoms with E-state index >= 15 is 0 Å². The zero-order valence-electron chi connectivity index (χ0n) is 13.9. The lowest BCUT2D eigenvalue weighted by atomic mass is 10.1. The summed E-state index contributed by atoms with van der Waals surface area (Å²) in [4.78, 5) is 20.4. The Morgan fingerprint density at radius 1 is 1.00 bits per heavy atom. The van der Waals surface area contributed by atoms with E-state index in [-0.39, 0.29) is 11.3 Å². The number of carbonyl (C=O) groups excluding carboxylic acids is 1. The van der Waals surface area contributed by atoms with Crippen molar-refractivity contribution in [2.75, 3.05) is 10.6 Å². The van der Waals surface area contributed by atoms with Crippen molar-refractivity contribution < 1.29 is 9.18 Å². The number of hydrogen-bond donors (Lipinski definition) is 2. The van der Waals surface area contributed by atoms with Gasteiger partial charge in [-0.1, -0.05) is 18.2 Å². The summed E-state index contributed by atoms with van der Waals surface area (Å²) < 4.78 is 13.6. The van der Waals surface area contributed by atoms with Gasteiger partial charge in [0.1, 0.15) is 5.82 Å². The number of para-hydroxylation sites is 1. The van der Waals surface area contributed by atoms with Gasteiger partial charge in [0.2, 0.25) is 5.95 Å². The van der Waals surface area contributed by atoms with Crippen LogP contribution in [-0.2, 0) is 0 Å². The van der Waals surface area contributed by atoms with Crippen LogP contribution in [-0.4, -0.2) is 15.9 Å². The van der Waals surface area contributed by atoms with Gasteiger partial charge in [-0.3, -0.25) is 4.79 Å². The molecule has 0 atom stereocenters. The molecule has 1 aromatic heterocycles. The van der Waals surface area contributed by atoms with Crippen molar-refractivity contribution in [2.45, 2.75) is 13.8 Å². The summed E-state index contributed by atoms with van der Waals surface area (Å²) in [6.45, 7) is 4.07. The quantitative estimate of drug-likeness (QED) is 0.748. The lowest BCUT2D eigenvalue weighted by Crippen LogP contribution is -2.14. The van der Waals surface area contributed by atoms with Crippen LogP contribution in [0.3, 0.4) is 0 Å². The first kappa shape index (κ1) is 16.6. The highest BCUT2D eigenvalue weighted by atomic mass is 19.1. The number of carbonyl (C=O) groups is 1. The first-order chi connectivity index (χ1) is 12.0. The molecule has 0 bridgehead atoms. The number of aryl methyl sites for hydroxylation is 2. The predicted molar refractivity (Wildman–Crippen MR) is 95.6 cm³/mol. The van der Waals surface area contributed by atoms with Crippen LogP contribution in [0.5, 0.6) is 0 Å². The zero-order chi connectivity index (χ0) is 17.8. The van der Waals surface area contributed by atoms with E-state index < -0.39 is 11.7 Å². The van der Waals surface area contributed by atoms with Crippen molar-refractivity contribution in [3.63, 3.8) is 0 Å². The number of anilines is 3. The van der Waals surface area contributed by atoms with Crippen molar-refractivity contribution in [1.29, 1.82) is 0 Å². The van der Waals surface area contributed by atoms with Crippen molar-refractivity contribution in [1.82, 2.24) is 9.97 Å². The second-order valence-corrected chi connectivity index (χ2v) is 5.65. The SMILES string of the molecule is Cc1ccc(Nc2ncc(C(=O)Nc3ccccc3F)cn2)cc1C. The van der Waals surface area contributed by atoms with Gasteiger partial charge in [-0.25, -0.2) is 14.4 Å². The van der Waals surface area contributed by atoms with E-state index in [0.717, 1.165) is 11.3 Å². The fourth-order valence-corrected chi connectivity index (χ4v) is 2.22. The van der Waals surface area contributed by atoms with Gasteiger partial charge in [0.15, 0.2) is 0 Å². The minimum atomic E-state index is -0.496. The number of rotatable bonds is 4. The normalized spacial score (nSPS) is 10.4. The predicted octanol–water partition coefficient (Wildman–Crippen LogP) is 4.23. The van der Waals surface area contributed by atoms with Crippen LogP contribution in [0.4, 0.5) is 21.7 Å². The summed E-state index contributed by atoms with van der Waals surface area (Å²) in [7, 11) is 0. The maximum atomic E-state index is 13.6. The van der Waals surface area contributed by atoms with Crippen molar-refractivity contribution in [2.24, 2.45) is 0 Å². The molecule has 126 valence electrons. The Hall–Kier alpha value is -3.28. The van der Waals surface area contributed by atoms with Gasteiger partial charge in [0, 0.05) is 18.1 Å². The van der Waals surface area contributed by atoms with E-state index in [1.54, 1.807) is 12.1 Å². The molecule has 25 heavy (non-hydrogen) atoms. The first-order valence-corrected chi connectivity index (χ1v) is 7.75. The summed E-state index contributed by atoms with van der Waals surface area (Å²) in [5.74, 6) is -0.585. The molecule has 2 aromatic carbocycles. The molecule has 0 saturated carbocycles. The molecule has 0 aliphatic rings. The molecule has 0 saturated heterocycles. The van der Waals surface area contributed by atoms with Gasteiger partial charge in [-0.2, -0.15) is 0 Å². The fraction of sp³-hybridized carbons (Fsp3) is 0.105. The Bertz CT molecular complexity index is 910. The van der Waals surface area contributed by atoms with Gasteiger partial charge < -0.3 is 10.6 Å². The monoisotopic (exact) mass is 336 g/mol. The molecule has 6 heteroatoms. The molecule has 0 fully saturated rings. The minimum Gasteiger partial charge on any atom is -0.324 e. The number of hydrogen-bond acceptors (Lipinski definition) is 4. The molecule has 0 aliphatic carbocycles. The molecular formula is C19H17FN4O. The maximum Gasteiger partial charge on any atom is 0.258 e. The number of nitrogens with zero attached hydrogens (tertiary/aromatic N) is 2. The van der Waals surface area contributed by atoms with E-state index in [4.69, 9.17) is 0 Å². The summed E-state index contributed by atoms with van der Waals surface area (Å²) >= 11 is 0. The molecule has 0 radical (unpaired) electrons. The van der Waals surface area contributed by atoms with E-state index in [0.29, 0.717) is 5.95 Å². The Labute approximate surface area is 145 Å². The van der Waals surface area contributed by atoms with Crippen LogP contribution in [0, 0.1) is 19.7 Å². The molecule has 0 aliphatic heterocycles. The molecule has 0 unspecified atom stereocenters. The third-order valence-corrected chi connectivity index (χ3v) is 3.80. The first-order valence-electron chi connectivity index (χ1n) is 7.75. The number of aromatic nitrogens is 2. The molecule has 5 nitrogen and oxygen atoms in total. The second kappa shape index (κ2) is 7.09. The molecule has 2 N–H and O–H groups in total. The zero-order valence-corrected chi connectivity index (χ0v) is 13.9. The van der Waals surface area contributed by atoms with Gasteiger partial charge in [-0.15, -0.1) is 0 Å². The third kappa shape index (κ3) is 3.98. The molecule has 1 amide bonds. The molecular weight excluding hydrogens is 319 g/mol. The lowest BCUT2D eigenvalue weighted by Gasteiger charge is -2.08. The average molecular weight is 336 g/mol. The van der Waals surface area contributed by atoms with Crippen LogP contribution in [0.1, 0.15) is 21.5 Å². The highest BCUT2D eigenvalue weighted by Gasteiger charge is 2.10. The van der Waals surface area contributed by atoms with Crippen molar-refractivity contribution in [3.05, 3.63) is 77.4 Å². The topological polar surface area (TPSA) is 66.9 Å². The highest BCUT2D eigenvalue weighted by molar-refractivity contribution is 6.03. The third-order valence-electron chi connectivity index (χ3n) is 3.80. The van der Waals surface area contributed by atoms with Crippen LogP contribution in [0.15, 0.2) is 54.9 Å². The average Bonchev–Trinajstić information content (AvgIpc) is 2.61. The summed E-state index contributed by atoms with van der Waals surface area (Å²) in [5.41, 5.74) is 3.59. The summed E-state index contributed by atoms with van der Waals surface area (Å²) in [6.07, 6.45) is 2.79. The van der Waals surface area contributed by atoms with Gasteiger partial charge in [0.25, 0.3) is 5.91 Å². The van der Waals surface area contributed by atoms with Gasteiger partial charge >= 0.3 is 0 Å². The fourth-order valence-electron chi connectivity index (χ4n) is 2.22. The molecule has 0 spiro atoms. The Morgan fingerprint density at radius 3 is 2.40 bits per heavy atom. The van der Waals surface area contributed by atoms with Gasteiger partial charge in [0.05, 0.1) is 11.3 Å². The smallest absolute Gasteiger partial charge is 0.258 e.